The maximum absolute atomic E-state index is 13.7. The van der Waals surface area contributed by atoms with Crippen molar-refractivity contribution in [2.45, 2.75) is 32.3 Å². The minimum Gasteiger partial charge on any atom is -0.478 e. The lowest BCUT2D eigenvalue weighted by Gasteiger charge is -2.17. The molecule has 29 heavy (non-hydrogen) atoms. The second kappa shape index (κ2) is 7.87. The predicted octanol–water partition coefficient (Wildman–Crippen LogP) is 3.09. The number of benzene rings is 2. The highest BCUT2D eigenvalue weighted by Gasteiger charge is 2.24. The lowest BCUT2D eigenvalue weighted by molar-refractivity contribution is -0.128. The zero-order valence-electron chi connectivity index (χ0n) is 15.9. The smallest absolute Gasteiger partial charge is 0.279 e. The van der Waals surface area contributed by atoms with E-state index in [1.165, 1.54) is 25.1 Å². The molecule has 0 spiro atoms. The summed E-state index contributed by atoms with van der Waals surface area (Å²) in [6.45, 7) is 1.48. The molecule has 2 N–H and O–H groups in total. The molecule has 1 aliphatic carbocycles. The number of aromatic nitrogens is 1. The van der Waals surface area contributed by atoms with E-state index >= 15 is 0 Å². The molecule has 7 heteroatoms. The third kappa shape index (κ3) is 3.76. The van der Waals surface area contributed by atoms with E-state index in [2.05, 4.69) is 15.8 Å². The number of rotatable bonds is 4. The van der Waals surface area contributed by atoms with Gasteiger partial charge < -0.3 is 4.74 Å². The molecule has 3 aromatic rings. The molecule has 148 valence electrons. The van der Waals surface area contributed by atoms with E-state index in [0.29, 0.717) is 5.56 Å². The van der Waals surface area contributed by atoms with Crippen LogP contribution in [-0.4, -0.2) is 22.9 Å². The van der Waals surface area contributed by atoms with E-state index in [4.69, 9.17) is 4.74 Å². The summed E-state index contributed by atoms with van der Waals surface area (Å²) >= 11 is 0. The molecular formula is C22H20FN3O3. The fourth-order valence-corrected chi connectivity index (χ4v) is 3.54. The molecule has 0 saturated carbocycles. The number of para-hydroxylation sites is 2. The van der Waals surface area contributed by atoms with Gasteiger partial charge in [-0.25, -0.2) is 4.39 Å². The molecule has 2 aromatic carbocycles. The van der Waals surface area contributed by atoms with Gasteiger partial charge in [0.1, 0.15) is 0 Å². The second-order valence-corrected chi connectivity index (χ2v) is 6.92. The molecule has 0 radical (unpaired) electrons. The molecule has 0 saturated heterocycles. The Bertz CT molecular complexity index is 1100. The van der Waals surface area contributed by atoms with E-state index in [1.807, 2.05) is 24.3 Å². The minimum absolute atomic E-state index is 0.0283. The van der Waals surface area contributed by atoms with Crippen LogP contribution in [0.25, 0.3) is 10.9 Å². The first-order valence-electron chi connectivity index (χ1n) is 9.46. The van der Waals surface area contributed by atoms with Crippen LogP contribution in [0, 0.1) is 5.82 Å². The molecular weight excluding hydrogens is 373 g/mol. The third-order valence-electron chi connectivity index (χ3n) is 4.96. The van der Waals surface area contributed by atoms with Gasteiger partial charge >= 0.3 is 0 Å². The van der Waals surface area contributed by atoms with Crippen molar-refractivity contribution in [3.63, 3.8) is 0 Å². The van der Waals surface area contributed by atoms with E-state index in [0.717, 1.165) is 41.4 Å². The lowest BCUT2D eigenvalue weighted by atomic mass is 10.0. The summed E-state index contributed by atoms with van der Waals surface area (Å²) in [6.07, 6.45) is 1.56. The van der Waals surface area contributed by atoms with Gasteiger partial charge in [-0.05, 0) is 49.9 Å². The fraction of sp³-hybridized carbons (Fsp3) is 0.227. The number of hydrazine groups is 1. The van der Waals surface area contributed by atoms with Gasteiger partial charge in [0.15, 0.2) is 17.7 Å². The van der Waals surface area contributed by atoms with Crippen LogP contribution in [0.15, 0.2) is 48.5 Å². The van der Waals surface area contributed by atoms with E-state index in [9.17, 15) is 14.0 Å². The van der Waals surface area contributed by atoms with Crippen molar-refractivity contribution >= 4 is 22.7 Å². The largest absolute Gasteiger partial charge is 0.478 e. The minimum atomic E-state index is -0.993. The van der Waals surface area contributed by atoms with Crippen LogP contribution in [-0.2, 0) is 17.6 Å². The summed E-state index contributed by atoms with van der Waals surface area (Å²) in [7, 11) is 0. The third-order valence-corrected chi connectivity index (χ3v) is 4.96. The number of carbonyl (C=O) groups excluding carboxylic acids is 2. The number of pyridine rings is 1. The van der Waals surface area contributed by atoms with Crippen LogP contribution in [0.2, 0.25) is 0 Å². The first-order chi connectivity index (χ1) is 14.0. The maximum atomic E-state index is 13.7. The molecule has 6 nitrogen and oxygen atoms in total. The van der Waals surface area contributed by atoms with Crippen LogP contribution in [0.5, 0.6) is 5.75 Å². The van der Waals surface area contributed by atoms with Crippen LogP contribution >= 0.6 is 0 Å². The molecule has 1 unspecified atom stereocenters. The zero-order valence-corrected chi connectivity index (χ0v) is 15.9. The quantitative estimate of drug-likeness (QED) is 0.668. The highest BCUT2D eigenvalue weighted by molar-refractivity contribution is 6.08. The van der Waals surface area contributed by atoms with Crippen molar-refractivity contribution < 1.29 is 18.7 Å². The Morgan fingerprint density at radius 2 is 1.83 bits per heavy atom. The Balaban J connectivity index is 1.49. The van der Waals surface area contributed by atoms with E-state index in [1.54, 1.807) is 6.07 Å². The normalized spacial score (nSPS) is 13.6. The maximum Gasteiger partial charge on any atom is 0.279 e. The number of amides is 2. The van der Waals surface area contributed by atoms with Gasteiger partial charge in [0.2, 0.25) is 0 Å². The molecule has 1 atom stereocenters. The van der Waals surface area contributed by atoms with Gasteiger partial charge in [0.05, 0.1) is 11.1 Å². The Morgan fingerprint density at radius 1 is 1.07 bits per heavy atom. The highest BCUT2D eigenvalue weighted by Crippen LogP contribution is 2.29. The van der Waals surface area contributed by atoms with Gasteiger partial charge in [-0.2, -0.15) is 0 Å². The van der Waals surface area contributed by atoms with E-state index < -0.39 is 23.7 Å². The predicted molar refractivity (Wildman–Crippen MR) is 106 cm³/mol. The average molecular weight is 393 g/mol. The van der Waals surface area contributed by atoms with Gasteiger partial charge in [-0.1, -0.05) is 30.3 Å². The number of hydrogen-bond acceptors (Lipinski definition) is 4. The SMILES string of the molecule is CC(Oc1ccccc1F)C(=O)NNC(=O)c1c2c(nc3ccccc13)CCC2. The van der Waals surface area contributed by atoms with Crippen LogP contribution in [0.4, 0.5) is 4.39 Å². The van der Waals surface area contributed by atoms with E-state index in [-0.39, 0.29) is 5.75 Å². The van der Waals surface area contributed by atoms with Gasteiger partial charge in [0.25, 0.3) is 11.8 Å². The highest BCUT2D eigenvalue weighted by atomic mass is 19.1. The van der Waals surface area contributed by atoms with Crippen molar-refractivity contribution in [1.82, 2.24) is 15.8 Å². The fourth-order valence-electron chi connectivity index (χ4n) is 3.54. The van der Waals surface area contributed by atoms with Crippen molar-refractivity contribution in [3.05, 3.63) is 71.2 Å². The molecule has 1 aliphatic rings. The number of carbonyl (C=O) groups is 2. The second-order valence-electron chi connectivity index (χ2n) is 6.92. The summed E-state index contributed by atoms with van der Waals surface area (Å²) in [5, 5.41) is 0.746. The van der Waals surface area contributed by atoms with Gasteiger partial charge in [-0.3, -0.25) is 25.4 Å². The molecule has 2 amide bonds. The molecule has 0 aliphatic heterocycles. The first kappa shape index (κ1) is 18.9. The Kier molecular flexibility index (Phi) is 5.12. The van der Waals surface area contributed by atoms with Crippen LogP contribution in [0.3, 0.4) is 0 Å². The molecule has 1 heterocycles. The van der Waals surface area contributed by atoms with Crippen LogP contribution in [0.1, 0.15) is 35.0 Å². The number of aryl methyl sites for hydroxylation is 1. The molecule has 0 fully saturated rings. The summed E-state index contributed by atoms with van der Waals surface area (Å²) in [5.41, 5.74) is 7.97. The Labute approximate surface area is 167 Å². The first-order valence-corrected chi connectivity index (χ1v) is 9.46. The molecule has 0 bridgehead atoms. The number of halogens is 1. The summed E-state index contributed by atoms with van der Waals surface area (Å²) in [6, 6.07) is 13.3. The van der Waals surface area contributed by atoms with Crippen molar-refractivity contribution in [2.75, 3.05) is 0 Å². The summed E-state index contributed by atoms with van der Waals surface area (Å²) in [4.78, 5) is 29.9. The molecule has 1 aromatic heterocycles. The number of ether oxygens (including phenoxy) is 1. The topological polar surface area (TPSA) is 80.3 Å². The van der Waals surface area contributed by atoms with Crippen molar-refractivity contribution in [3.8, 4) is 5.75 Å². The Morgan fingerprint density at radius 3 is 2.66 bits per heavy atom. The number of nitrogens with zero attached hydrogens (tertiary/aromatic N) is 1. The average Bonchev–Trinajstić information content (AvgIpc) is 3.19. The summed E-state index contributed by atoms with van der Waals surface area (Å²) in [5.74, 6) is -1.58. The van der Waals surface area contributed by atoms with Crippen molar-refractivity contribution in [2.24, 2.45) is 0 Å². The number of fused-ring (bicyclic) bond motifs is 2. The Hall–Kier alpha value is -3.48. The zero-order chi connectivity index (χ0) is 20.4. The monoisotopic (exact) mass is 393 g/mol. The summed E-state index contributed by atoms with van der Waals surface area (Å²) < 4.78 is 19.0. The van der Waals surface area contributed by atoms with Crippen LogP contribution < -0.4 is 15.6 Å². The molecule has 4 rings (SSSR count). The van der Waals surface area contributed by atoms with Gasteiger partial charge in [-0.15, -0.1) is 0 Å². The lowest BCUT2D eigenvalue weighted by Crippen LogP contribution is -2.47. The standard InChI is InChI=1S/C22H20FN3O3/c1-13(29-19-12-5-3-9-16(19)23)21(27)25-26-22(28)20-14-7-2-4-10-17(14)24-18-11-6-8-15(18)20/h2-5,7,9-10,12-13H,6,8,11H2,1H3,(H,25,27)(H,26,28). The number of hydrogen-bond donors (Lipinski definition) is 2. The number of nitrogens with one attached hydrogen (secondary N) is 2. The van der Waals surface area contributed by atoms with Crippen molar-refractivity contribution in [1.29, 1.82) is 0 Å². The van der Waals surface area contributed by atoms with Gasteiger partial charge in [0, 0.05) is 11.1 Å².